The molecule has 1 unspecified atom stereocenters. The number of rotatable bonds is 8. The Labute approximate surface area is 119 Å². The van der Waals surface area contributed by atoms with Crippen molar-refractivity contribution in [1.82, 2.24) is 0 Å². The van der Waals surface area contributed by atoms with Gasteiger partial charge in [0.1, 0.15) is 0 Å². The van der Waals surface area contributed by atoms with Gasteiger partial charge in [0.25, 0.3) is 0 Å². The number of guanidine groups is 1. The molecule has 1 rings (SSSR count). The molecule has 5 N–H and O–H groups in total. The van der Waals surface area contributed by atoms with Crippen LogP contribution in [0.2, 0.25) is 0 Å². The molecule has 1 aromatic carbocycles. The van der Waals surface area contributed by atoms with E-state index in [0.717, 1.165) is 25.7 Å². The largest absolute Gasteiger partial charge is 0.481 e. The smallest absolute Gasteiger partial charge is 0.311 e. The second-order valence-corrected chi connectivity index (χ2v) is 4.87. The van der Waals surface area contributed by atoms with Crippen LogP contribution in [-0.4, -0.2) is 17.0 Å². The molecule has 1 atom stereocenters. The zero-order valence-corrected chi connectivity index (χ0v) is 11.9. The summed E-state index contributed by atoms with van der Waals surface area (Å²) in [5.41, 5.74) is 6.62. The molecule has 0 aliphatic heterocycles. The van der Waals surface area contributed by atoms with E-state index in [-0.39, 0.29) is 5.96 Å². The normalized spacial score (nSPS) is 11.8. The van der Waals surface area contributed by atoms with Gasteiger partial charge in [-0.2, -0.15) is 0 Å². The Morgan fingerprint density at radius 2 is 2.05 bits per heavy atom. The molecule has 0 aliphatic rings. The Hall–Kier alpha value is -2.04. The van der Waals surface area contributed by atoms with Gasteiger partial charge in [0.05, 0.1) is 5.92 Å². The number of unbranched alkanes of at least 4 members (excludes halogenated alkanes) is 3. The molecule has 0 heterocycles. The van der Waals surface area contributed by atoms with Crippen LogP contribution in [0.4, 0.5) is 5.69 Å². The average molecular weight is 277 g/mol. The molecule has 1 aromatic rings. The summed E-state index contributed by atoms with van der Waals surface area (Å²) in [4.78, 5) is 11.5. The first-order chi connectivity index (χ1) is 9.56. The van der Waals surface area contributed by atoms with Gasteiger partial charge in [-0.3, -0.25) is 10.2 Å². The number of hydrogen-bond acceptors (Lipinski definition) is 2. The van der Waals surface area contributed by atoms with Crippen molar-refractivity contribution >= 4 is 17.6 Å². The number of aliphatic carboxylic acids is 1. The number of benzene rings is 1. The molecule has 20 heavy (non-hydrogen) atoms. The summed E-state index contributed by atoms with van der Waals surface area (Å²) in [6.07, 6.45) is 4.79. The maximum absolute atomic E-state index is 11.5. The van der Waals surface area contributed by atoms with Crippen LogP contribution >= 0.6 is 0 Å². The summed E-state index contributed by atoms with van der Waals surface area (Å²) in [6.45, 7) is 2.13. The zero-order chi connectivity index (χ0) is 15.0. The third kappa shape index (κ3) is 4.91. The lowest BCUT2D eigenvalue weighted by molar-refractivity contribution is -0.139. The van der Waals surface area contributed by atoms with E-state index in [4.69, 9.17) is 11.1 Å². The highest BCUT2D eigenvalue weighted by atomic mass is 16.4. The highest BCUT2D eigenvalue weighted by Crippen LogP contribution is 2.29. The van der Waals surface area contributed by atoms with Crippen molar-refractivity contribution in [2.45, 2.75) is 44.9 Å². The lowest BCUT2D eigenvalue weighted by Crippen LogP contribution is -2.23. The molecule has 5 heteroatoms. The molecular formula is C15H23N3O2. The minimum Gasteiger partial charge on any atom is -0.481 e. The summed E-state index contributed by atoms with van der Waals surface area (Å²) in [7, 11) is 0. The van der Waals surface area contributed by atoms with E-state index in [1.54, 1.807) is 18.2 Å². The van der Waals surface area contributed by atoms with Crippen molar-refractivity contribution in [1.29, 1.82) is 5.41 Å². The molecule has 0 saturated carbocycles. The number of nitrogens with one attached hydrogen (secondary N) is 2. The highest BCUT2D eigenvalue weighted by Gasteiger charge is 2.22. The number of carbonyl (C=O) groups is 1. The van der Waals surface area contributed by atoms with Crippen molar-refractivity contribution in [2.24, 2.45) is 5.73 Å². The van der Waals surface area contributed by atoms with Gasteiger partial charge in [0.15, 0.2) is 5.96 Å². The third-order valence-corrected chi connectivity index (χ3v) is 3.25. The molecule has 0 radical (unpaired) electrons. The fourth-order valence-corrected chi connectivity index (χ4v) is 2.25. The summed E-state index contributed by atoms with van der Waals surface area (Å²) in [6, 6.07) is 7.13. The van der Waals surface area contributed by atoms with E-state index >= 15 is 0 Å². The fourth-order valence-electron chi connectivity index (χ4n) is 2.25. The number of anilines is 1. The Bertz CT molecular complexity index is 460. The molecule has 0 aromatic heterocycles. The molecular weight excluding hydrogens is 254 g/mol. The van der Waals surface area contributed by atoms with Crippen molar-refractivity contribution in [3.8, 4) is 0 Å². The van der Waals surface area contributed by atoms with E-state index in [1.165, 1.54) is 0 Å². The van der Waals surface area contributed by atoms with Gasteiger partial charge in [0, 0.05) is 5.69 Å². The van der Waals surface area contributed by atoms with Crippen molar-refractivity contribution in [3.05, 3.63) is 29.8 Å². The Morgan fingerprint density at radius 1 is 1.35 bits per heavy atom. The van der Waals surface area contributed by atoms with Crippen LogP contribution < -0.4 is 11.1 Å². The number of carboxylic acid groups (broad SMARTS) is 1. The molecule has 0 saturated heterocycles. The lowest BCUT2D eigenvalue weighted by atomic mass is 9.91. The predicted octanol–water partition coefficient (Wildman–Crippen LogP) is 3.13. The SMILES string of the molecule is CCCCCCC(C(=O)O)c1ccccc1NC(=N)N. The quantitative estimate of drug-likeness (QED) is 0.333. The van der Waals surface area contributed by atoms with Crippen molar-refractivity contribution in [3.63, 3.8) is 0 Å². The van der Waals surface area contributed by atoms with Crippen LogP contribution in [0.1, 0.15) is 50.5 Å². The third-order valence-electron chi connectivity index (χ3n) is 3.25. The first kappa shape index (κ1) is 16.0. The minimum absolute atomic E-state index is 0.187. The van der Waals surface area contributed by atoms with Gasteiger partial charge in [-0.25, -0.2) is 0 Å². The van der Waals surface area contributed by atoms with Gasteiger partial charge >= 0.3 is 5.97 Å². The summed E-state index contributed by atoms with van der Waals surface area (Å²) >= 11 is 0. The van der Waals surface area contributed by atoms with Gasteiger partial charge in [-0.1, -0.05) is 50.8 Å². The van der Waals surface area contributed by atoms with Crippen LogP contribution in [0.3, 0.4) is 0 Å². The average Bonchev–Trinajstić information content (AvgIpc) is 2.39. The second-order valence-electron chi connectivity index (χ2n) is 4.87. The van der Waals surface area contributed by atoms with E-state index in [2.05, 4.69) is 12.2 Å². The van der Waals surface area contributed by atoms with Crippen LogP contribution in [0.15, 0.2) is 24.3 Å². The highest BCUT2D eigenvalue weighted by molar-refractivity contribution is 5.92. The van der Waals surface area contributed by atoms with Crippen LogP contribution in [0, 0.1) is 5.41 Å². The van der Waals surface area contributed by atoms with Crippen molar-refractivity contribution in [2.75, 3.05) is 5.32 Å². The Kier molecular flexibility index (Phi) is 6.56. The Balaban J connectivity index is 2.85. The number of para-hydroxylation sites is 1. The topological polar surface area (TPSA) is 99.2 Å². The molecule has 110 valence electrons. The zero-order valence-electron chi connectivity index (χ0n) is 11.9. The van der Waals surface area contributed by atoms with E-state index < -0.39 is 11.9 Å². The lowest BCUT2D eigenvalue weighted by Gasteiger charge is -2.17. The standard InChI is InChI=1S/C15H23N3O2/c1-2-3-4-5-9-12(14(19)20)11-8-6-7-10-13(11)18-15(16)17/h6-8,10,12H,2-5,9H2,1H3,(H,19,20)(H4,16,17,18). The van der Waals surface area contributed by atoms with Crippen LogP contribution in [0.25, 0.3) is 0 Å². The number of carboxylic acids is 1. The predicted molar refractivity (Wildman–Crippen MR) is 81.1 cm³/mol. The van der Waals surface area contributed by atoms with E-state index in [9.17, 15) is 9.90 Å². The Morgan fingerprint density at radius 3 is 2.65 bits per heavy atom. The molecule has 0 aliphatic carbocycles. The van der Waals surface area contributed by atoms with E-state index in [0.29, 0.717) is 17.7 Å². The first-order valence-corrected chi connectivity index (χ1v) is 6.99. The maximum Gasteiger partial charge on any atom is 0.311 e. The van der Waals surface area contributed by atoms with Gasteiger partial charge in [0.2, 0.25) is 0 Å². The fraction of sp³-hybridized carbons (Fsp3) is 0.467. The number of hydrogen-bond donors (Lipinski definition) is 4. The van der Waals surface area contributed by atoms with Gasteiger partial charge < -0.3 is 16.2 Å². The van der Waals surface area contributed by atoms with Gasteiger partial charge in [-0.05, 0) is 18.1 Å². The molecule has 0 bridgehead atoms. The molecule has 0 fully saturated rings. The summed E-state index contributed by atoms with van der Waals surface area (Å²) in [5, 5.41) is 19.4. The summed E-state index contributed by atoms with van der Waals surface area (Å²) < 4.78 is 0. The first-order valence-electron chi connectivity index (χ1n) is 6.99. The van der Waals surface area contributed by atoms with Crippen molar-refractivity contribution < 1.29 is 9.90 Å². The maximum atomic E-state index is 11.5. The number of nitrogens with two attached hydrogens (primary N) is 1. The molecule has 0 amide bonds. The second kappa shape index (κ2) is 8.19. The summed E-state index contributed by atoms with van der Waals surface area (Å²) in [5.74, 6) is -1.58. The molecule has 5 nitrogen and oxygen atoms in total. The van der Waals surface area contributed by atoms with Crippen LogP contribution in [0.5, 0.6) is 0 Å². The van der Waals surface area contributed by atoms with Gasteiger partial charge in [-0.15, -0.1) is 0 Å². The monoisotopic (exact) mass is 277 g/mol. The minimum atomic E-state index is -0.834. The molecule has 0 spiro atoms. The van der Waals surface area contributed by atoms with Crippen LogP contribution in [-0.2, 0) is 4.79 Å². The van der Waals surface area contributed by atoms with E-state index in [1.807, 2.05) is 6.07 Å².